The molecule has 0 saturated carbocycles. The van der Waals surface area contributed by atoms with Crippen molar-refractivity contribution in [1.82, 2.24) is 4.90 Å². The Morgan fingerprint density at radius 1 is 0.560 bits per heavy atom. The Hall–Kier alpha value is -1.16. The van der Waals surface area contributed by atoms with Gasteiger partial charge in [0.05, 0.1) is 0 Å². The highest BCUT2D eigenvalue weighted by molar-refractivity contribution is 5.16. The molecule has 0 unspecified atom stereocenters. The Morgan fingerprint density at radius 2 is 0.840 bits per heavy atom. The van der Waals surface area contributed by atoms with Gasteiger partial charge >= 0.3 is 48.3 Å². The van der Waals surface area contributed by atoms with Crippen molar-refractivity contribution in [2.45, 2.75) is 48.3 Å². The van der Waals surface area contributed by atoms with Gasteiger partial charge in [0, 0.05) is 0 Å². The summed E-state index contributed by atoms with van der Waals surface area (Å²) in [5, 5.41) is 0. The summed E-state index contributed by atoms with van der Waals surface area (Å²) < 4.78 is 204. The minimum absolute atomic E-state index is 4.31. The average Bonchev–Trinajstić information content (AvgIpc) is 2.34. The number of halogens is 16. The van der Waals surface area contributed by atoms with Gasteiger partial charge < -0.3 is 0 Å². The fourth-order valence-electron chi connectivity index (χ4n) is 1.67. The van der Waals surface area contributed by atoms with E-state index in [9.17, 15) is 70.2 Å². The number of piperidine rings is 1. The molecule has 0 aliphatic carbocycles. The highest BCUT2D eigenvalue weighted by Crippen LogP contribution is 2.67. The monoisotopic (exact) mass is 415 g/mol. The number of hydrogen-bond donors (Lipinski definition) is 0. The summed E-state index contributed by atoms with van der Waals surface area (Å²) >= 11 is 0. The largest absolute Gasteiger partial charge is 0.393 e. The van der Waals surface area contributed by atoms with Gasteiger partial charge in [0.2, 0.25) is 0 Å². The molecule has 17 heteroatoms. The topological polar surface area (TPSA) is 3.24 Å². The molecule has 0 spiro atoms. The van der Waals surface area contributed by atoms with Crippen LogP contribution in [0.2, 0.25) is 0 Å². The van der Waals surface area contributed by atoms with Gasteiger partial charge in [-0.15, -0.1) is 4.90 Å². The van der Waals surface area contributed by atoms with E-state index in [0.717, 1.165) is 0 Å². The molecule has 0 aromatic rings. The molecule has 0 amide bonds. The van der Waals surface area contributed by atoms with Crippen molar-refractivity contribution >= 4 is 0 Å². The molecule has 0 aromatic heterocycles. The molecule has 0 N–H and O–H groups in total. The summed E-state index contributed by atoms with van der Waals surface area (Å²) in [6.07, 6.45) is -5.81. The van der Waals surface area contributed by atoms with Crippen LogP contribution in [0.25, 0.3) is 0 Å². The van der Waals surface area contributed by atoms with Crippen LogP contribution in [0.1, 0.15) is 0 Å². The van der Waals surface area contributed by atoms with E-state index in [1.165, 1.54) is 0 Å². The minimum atomic E-state index is -7.81. The van der Waals surface area contributed by atoms with E-state index in [1.54, 1.807) is 0 Å². The van der Waals surface area contributed by atoms with Crippen LogP contribution in [-0.2, 0) is 0 Å². The van der Waals surface area contributed by atoms with E-state index < -0.39 is 53.2 Å². The van der Waals surface area contributed by atoms with Gasteiger partial charge in [-0.3, -0.25) is 0 Å². The van der Waals surface area contributed by atoms with Gasteiger partial charge in [-0.05, 0) is 0 Å². The second-order valence-corrected chi connectivity index (χ2v) is 4.61. The standard InChI is InChI=1S/C8HF16N/c9-1(10)2(11,12)6(19,20)25-7(21,22)4(15,16)3(13,14)5(17,18)8(25,23)24/h1H. The fraction of sp³-hybridized carbons (Fsp3) is 1.00. The second-order valence-electron chi connectivity index (χ2n) is 4.61. The number of nitrogens with zero attached hydrogens (tertiary/aromatic N) is 1. The maximum atomic E-state index is 13.1. The molecule has 1 aliphatic heterocycles. The van der Waals surface area contributed by atoms with E-state index in [2.05, 4.69) is 0 Å². The molecule has 0 atom stereocenters. The van der Waals surface area contributed by atoms with E-state index in [0.29, 0.717) is 0 Å². The molecule has 25 heavy (non-hydrogen) atoms. The zero-order valence-corrected chi connectivity index (χ0v) is 10.6. The normalized spacial score (nSPS) is 28.2. The maximum absolute atomic E-state index is 13.1. The Kier molecular flexibility index (Phi) is 4.35. The van der Waals surface area contributed by atoms with E-state index >= 15 is 0 Å². The molecule has 1 heterocycles. The third-order valence-corrected chi connectivity index (χ3v) is 3.06. The molecule has 150 valence electrons. The second kappa shape index (κ2) is 4.97. The predicted octanol–water partition coefficient (Wildman–Crippen LogP) is 4.89. The van der Waals surface area contributed by atoms with Crippen molar-refractivity contribution < 1.29 is 70.2 Å². The first-order valence-electron chi connectivity index (χ1n) is 5.29. The molecular formula is C8HF16N. The van der Waals surface area contributed by atoms with Gasteiger partial charge in [0.15, 0.2) is 0 Å². The first-order valence-corrected chi connectivity index (χ1v) is 5.29. The molecule has 0 radical (unpaired) electrons. The summed E-state index contributed by atoms with van der Waals surface area (Å²) in [5.41, 5.74) is 0. The molecule has 1 nitrogen and oxygen atoms in total. The maximum Gasteiger partial charge on any atom is 0.393 e. The first-order chi connectivity index (χ1) is 10.6. The van der Waals surface area contributed by atoms with Gasteiger partial charge in [-0.2, -0.15) is 61.5 Å². The minimum Gasteiger partial charge on any atom is -0.203 e. The fourth-order valence-corrected chi connectivity index (χ4v) is 1.67. The molecular weight excluding hydrogens is 414 g/mol. The molecule has 1 fully saturated rings. The molecule has 1 rings (SSSR count). The Bertz CT molecular complexity index is 493. The van der Waals surface area contributed by atoms with Crippen LogP contribution < -0.4 is 0 Å². The van der Waals surface area contributed by atoms with Crippen LogP contribution in [0.4, 0.5) is 70.2 Å². The summed E-state index contributed by atoms with van der Waals surface area (Å²) in [7, 11) is 0. The van der Waals surface area contributed by atoms with Crippen molar-refractivity contribution in [2.75, 3.05) is 0 Å². The van der Waals surface area contributed by atoms with E-state index in [4.69, 9.17) is 0 Å². The molecule has 1 aliphatic rings. The van der Waals surface area contributed by atoms with E-state index in [-0.39, 0.29) is 0 Å². The first kappa shape index (κ1) is 21.9. The zero-order chi connectivity index (χ0) is 20.7. The third kappa shape index (κ3) is 2.16. The van der Waals surface area contributed by atoms with Gasteiger partial charge in [0.25, 0.3) is 0 Å². The average molecular weight is 415 g/mol. The molecule has 1 saturated heterocycles. The summed E-state index contributed by atoms with van der Waals surface area (Å²) in [6.45, 7) is 0. The van der Waals surface area contributed by atoms with Crippen LogP contribution in [0.5, 0.6) is 0 Å². The zero-order valence-electron chi connectivity index (χ0n) is 10.6. The van der Waals surface area contributed by atoms with Gasteiger partial charge in [0.1, 0.15) is 0 Å². The van der Waals surface area contributed by atoms with Crippen LogP contribution in [0, 0.1) is 0 Å². The van der Waals surface area contributed by atoms with E-state index in [1.807, 2.05) is 0 Å². The Balaban J connectivity index is 3.86. The highest BCUT2D eigenvalue weighted by Gasteiger charge is 2.99. The smallest absolute Gasteiger partial charge is 0.203 e. The quantitative estimate of drug-likeness (QED) is 0.469. The van der Waals surface area contributed by atoms with Crippen LogP contribution in [0.15, 0.2) is 0 Å². The Labute approximate surface area is 125 Å². The lowest BCUT2D eigenvalue weighted by Gasteiger charge is -2.53. The van der Waals surface area contributed by atoms with Crippen molar-refractivity contribution in [3.63, 3.8) is 0 Å². The summed E-state index contributed by atoms with van der Waals surface area (Å²) in [6, 6.07) is -23.4. The summed E-state index contributed by atoms with van der Waals surface area (Å²) in [5.74, 6) is -30.6. The van der Waals surface area contributed by atoms with Crippen molar-refractivity contribution in [1.29, 1.82) is 0 Å². The lowest BCUT2D eigenvalue weighted by atomic mass is 9.92. The SMILES string of the molecule is FC(F)C(F)(F)C(F)(F)N1C(F)(F)C(F)(F)C(F)(F)C(F)(F)C1(F)F. The number of rotatable bonds is 3. The van der Waals surface area contributed by atoms with Gasteiger partial charge in [-0.25, -0.2) is 8.78 Å². The third-order valence-electron chi connectivity index (χ3n) is 3.06. The van der Waals surface area contributed by atoms with Gasteiger partial charge in [-0.1, -0.05) is 0 Å². The van der Waals surface area contributed by atoms with Crippen molar-refractivity contribution in [2.24, 2.45) is 0 Å². The lowest BCUT2D eigenvalue weighted by molar-refractivity contribution is -0.549. The lowest BCUT2D eigenvalue weighted by Crippen LogP contribution is -2.85. The molecule has 0 aromatic carbocycles. The molecule has 0 bridgehead atoms. The number of likely N-dealkylation sites (tertiary alicyclic amines) is 1. The highest BCUT2D eigenvalue weighted by atomic mass is 19.4. The Morgan fingerprint density at radius 3 is 1.08 bits per heavy atom. The van der Waals surface area contributed by atoms with Crippen LogP contribution >= 0.6 is 0 Å². The predicted molar refractivity (Wildman–Crippen MR) is 42.5 cm³/mol. The summed E-state index contributed by atoms with van der Waals surface area (Å²) in [4.78, 5) is -4.31. The van der Waals surface area contributed by atoms with Crippen molar-refractivity contribution in [3.8, 4) is 0 Å². The van der Waals surface area contributed by atoms with Crippen LogP contribution in [0.3, 0.4) is 0 Å². The number of alkyl halides is 16. The number of hydrogen-bond acceptors (Lipinski definition) is 1. The van der Waals surface area contributed by atoms with Crippen LogP contribution in [-0.4, -0.2) is 53.2 Å². The van der Waals surface area contributed by atoms with Crippen molar-refractivity contribution in [3.05, 3.63) is 0 Å².